The number of nitrogens with one attached hydrogen (secondary N) is 1. The number of carbonyl (C=O) groups is 2. The van der Waals surface area contributed by atoms with Crippen molar-refractivity contribution in [2.24, 2.45) is 0 Å². The highest BCUT2D eigenvalue weighted by Crippen LogP contribution is 2.26. The Bertz CT molecular complexity index is 701. The van der Waals surface area contributed by atoms with Crippen LogP contribution in [0.15, 0.2) is 41.0 Å². The molecule has 1 N–H and O–H groups in total. The Kier molecular flexibility index (Phi) is 5.69. The second-order valence-electron chi connectivity index (χ2n) is 5.09. The van der Waals surface area contributed by atoms with Crippen LogP contribution >= 0.6 is 23.2 Å². The lowest BCUT2D eigenvalue weighted by molar-refractivity contribution is -0.122. The van der Waals surface area contributed by atoms with Crippen LogP contribution in [0.5, 0.6) is 0 Å². The number of hydrogen-bond acceptors (Lipinski definition) is 3. The average molecular weight is 355 g/mol. The Hall–Kier alpha value is -1.98. The van der Waals surface area contributed by atoms with Gasteiger partial charge in [0.1, 0.15) is 0 Å². The Morgan fingerprint density at radius 1 is 1.30 bits per heavy atom. The zero-order valence-electron chi connectivity index (χ0n) is 12.7. The molecule has 0 saturated heterocycles. The quantitative estimate of drug-likeness (QED) is 0.892. The summed E-state index contributed by atoms with van der Waals surface area (Å²) >= 11 is 12.0. The van der Waals surface area contributed by atoms with Crippen molar-refractivity contribution in [2.45, 2.75) is 13.0 Å². The van der Waals surface area contributed by atoms with Crippen LogP contribution in [0, 0.1) is 0 Å². The molecule has 23 heavy (non-hydrogen) atoms. The van der Waals surface area contributed by atoms with E-state index in [-0.39, 0.29) is 30.2 Å². The lowest BCUT2D eigenvalue weighted by atomic mass is 10.1. The number of hydrogen-bond donors (Lipinski definition) is 1. The zero-order chi connectivity index (χ0) is 17.0. The van der Waals surface area contributed by atoms with E-state index in [1.165, 1.54) is 18.2 Å². The van der Waals surface area contributed by atoms with Crippen molar-refractivity contribution in [3.05, 3.63) is 58.0 Å². The number of rotatable bonds is 5. The predicted molar refractivity (Wildman–Crippen MR) is 88.7 cm³/mol. The molecule has 0 radical (unpaired) electrons. The second-order valence-corrected chi connectivity index (χ2v) is 5.94. The van der Waals surface area contributed by atoms with E-state index in [1.54, 1.807) is 37.3 Å². The summed E-state index contributed by atoms with van der Waals surface area (Å²) in [6.07, 6.45) is 1.41. The molecule has 1 heterocycles. The van der Waals surface area contributed by atoms with Crippen molar-refractivity contribution < 1.29 is 14.0 Å². The maximum atomic E-state index is 12.1. The monoisotopic (exact) mass is 354 g/mol. The fraction of sp³-hybridized carbons (Fsp3) is 0.250. The fourth-order valence-electron chi connectivity index (χ4n) is 2.09. The van der Waals surface area contributed by atoms with E-state index >= 15 is 0 Å². The first-order valence-electron chi connectivity index (χ1n) is 6.91. The number of likely N-dealkylation sites (N-methyl/N-ethyl adjacent to an activating group) is 1. The van der Waals surface area contributed by atoms with Crippen LogP contribution in [0.2, 0.25) is 10.0 Å². The summed E-state index contributed by atoms with van der Waals surface area (Å²) in [7, 11) is 1.53. The Morgan fingerprint density at radius 2 is 2.04 bits per heavy atom. The standard InChI is InChI=1S/C16H16Cl2N2O3/c1-10(12-6-5-11(17)8-13(12)18)19-15(21)9-20(2)16(22)14-4-3-7-23-14/h3-8,10H,9H2,1-2H3,(H,19,21). The highest BCUT2D eigenvalue weighted by Gasteiger charge is 2.19. The van der Waals surface area contributed by atoms with Gasteiger partial charge in [0.2, 0.25) is 5.91 Å². The molecule has 0 aliphatic carbocycles. The van der Waals surface area contributed by atoms with Crippen molar-refractivity contribution in [2.75, 3.05) is 13.6 Å². The third kappa shape index (κ3) is 4.50. The van der Waals surface area contributed by atoms with Crippen LogP contribution < -0.4 is 5.32 Å². The lowest BCUT2D eigenvalue weighted by Gasteiger charge is -2.19. The molecule has 0 spiro atoms. The molecule has 1 aromatic heterocycles. The highest BCUT2D eigenvalue weighted by atomic mass is 35.5. The normalized spacial score (nSPS) is 11.8. The molecule has 0 aliphatic rings. The average Bonchev–Trinajstić information content (AvgIpc) is 2.99. The van der Waals surface area contributed by atoms with E-state index in [0.29, 0.717) is 10.0 Å². The van der Waals surface area contributed by atoms with Crippen molar-refractivity contribution in [3.63, 3.8) is 0 Å². The maximum Gasteiger partial charge on any atom is 0.289 e. The lowest BCUT2D eigenvalue weighted by Crippen LogP contribution is -2.39. The van der Waals surface area contributed by atoms with Crippen molar-refractivity contribution >= 4 is 35.0 Å². The molecule has 1 unspecified atom stereocenters. The van der Waals surface area contributed by atoms with Gasteiger partial charge in [0.05, 0.1) is 18.8 Å². The van der Waals surface area contributed by atoms with Gasteiger partial charge in [-0.1, -0.05) is 29.3 Å². The number of halogens is 2. The predicted octanol–water partition coefficient (Wildman–Crippen LogP) is 3.54. The van der Waals surface area contributed by atoms with E-state index in [2.05, 4.69) is 5.32 Å². The van der Waals surface area contributed by atoms with Gasteiger partial charge in [-0.25, -0.2) is 0 Å². The van der Waals surface area contributed by atoms with E-state index in [9.17, 15) is 9.59 Å². The molecular formula is C16H16Cl2N2O3. The Morgan fingerprint density at radius 3 is 2.65 bits per heavy atom. The third-order valence-corrected chi connectivity index (χ3v) is 3.83. The number of carbonyl (C=O) groups excluding carboxylic acids is 2. The summed E-state index contributed by atoms with van der Waals surface area (Å²) < 4.78 is 5.02. The van der Waals surface area contributed by atoms with Gasteiger partial charge in [-0.3, -0.25) is 9.59 Å². The van der Waals surface area contributed by atoms with Crippen molar-refractivity contribution in [3.8, 4) is 0 Å². The van der Waals surface area contributed by atoms with E-state index < -0.39 is 0 Å². The summed E-state index contributed by atoms with van der Waals surface area (Å²) in [6, 6.07) is 7.94. The van der Waals surface area contributed by atoms with E-state index in [0.717, 1.165) is 5.56 Å². The van der Waals surface area contributed by atoms with Gasteiger partial charge < -0.3 is 14.6 Å². The largest absolute Gasteiger partial charge is 0.459 e. The number of benzene rings is 1. The molecular weight excluding hydrogens is 339 g/mol. The third-order valence-electron chi connectivity index (χ3n) is 3.27. The Labute approximate surface area is 144 Å². The summed E-state index contributed by atoms with van der Waals surface area (Å²) in [5, 5.41) is 3.80. The van der Waals surface area contributed by atoms with Gasteiger partial charge in [-0.15, -0.1) is 0 Å². The van der Waals surface area contributed by atoms with Gasteiger partial charge in [0.15, 0.2) is 5.76 Å². The fourth-order valence-corrected chi connectivity index (χ4v) is 2.67. The van der Waals surface area contributed by atoms with Gasteiger partial charge in [0, 0.05) is 17.1 Å². The Balaban J connectivity index is 1.95. The molecule has 7 heteroatoms. The summed E-state index contributed by atoms with van der Waals surface area (Å²) in [5.74, 6) is -0.470. The molecule has 0 bridgehead atoms. The summed E-state index contributed by atoms with van der Waals surface area (Å²) in [5.41, 5.74) is 0.754. The molecule has 2 aromatic rings. The first-order chi connectivity index (χ1) is 10.9. The van der Waals surface area contributed by atoms with E-state index in [1.807, 2.05) is 0 Å². The minimum absolute atomic E-state index is 0.0882. The van der Waals surface area contributed by atoms with Gasteiger partial charge in [-0.2, -0.15) is 0 Å². The van der Waals surface area contributed by atoms with Crippen molar-refractivity contribution in [1.82, 2.24) is 10.2 Å². The number of furan rings is 1. The van der Waals surface area contributed by atoms with Crippen molar-refractivity contribution in [1.29, 1.82) is 0 Å². The van der Waals surface area contributed by atoms with Gasteiger partial charge in [0.25, 0.3) is 5.91 Å². The molecule has 0 fully saturated rings. The minimum atomic E-state index is -0.359. The van der Waals surface area contributed by atoms with Crippen LogP contribution in [0.25, 0.3) is 0 Å². The smallest absolute Gasteiger partial charge is 0.289 e. The minimum Gasteiger partial charge on any atom is -0.459 e. The molecule has 1 aromatic carbocycles. The molecule has 5 nitrogen and oxygen atoms in total. The van der Waals surface area contributed by atoms with Gasteiger partial charge >= 0.3 is 0 Å². The molecule has 2 rings (SSSR count). The van der Waals surface area contributed by atoms with Gasteiger partial charge in [-0.05, 0) is 36.8 Å². The molecule has 0 saturated carbocycles. The molecule has 2 amide bonds. The SMILES string of the molecule is CC(NC(=O)CN(C)C(=O)c1ccco1)c1ccc(Cl)cc1Cl. The number of amides is 2. The van der Waals surface area contributed by atoms with Crippen LogP contribution in [-0.2, 0) is 4.79 Å². The second kappa shape index (κ2) is 7.53. The van der Waals surface area contributed by atoms with Crippen LogP contribution in [0.1, 0.15) is 29.1 Å². The molecule has 122 valence electrons. The van der Waals surface area contributed by atoms with Crippen LogP contribution in [0.3, 0.4) is 0 Å². The summed E-state index contributed by atoms with van der Waals surface area (Å²) in [4.78, 5) is 25.4. The summed E-state index contributed by atoms with van der Waals surface area (Å²) in [6.45, 7) is 1.72. The first-order valence-corrected chi connectivity index (χ1v) is 7.67. The van der Waals surface area contributed by atoms with Crippen LogP contribution in [0.4, 0.5) is 0 Å². The molecule has 1 atom stereocenters. The van der Waals surface area contributed by atoms with E-state index in [4.69, 9.17) is 27.6 Å². The maximum absolute atomic E-state index is 12.1. The molecule has 0 aliphatic heterocycles. The highest BCUT2D eigenvalue weighted by molar-refractivity contribution is 6.35. The van der Waals surface area contributed by atoms with Crippen LogP contribution in [-0.4, -0.2) is 30.3 Å². The number of nitrogens with zero attached hydrogens (tertiary/aromatic N) is 1. The first kappa shape index (κ1) is 17.4. The topological polar surface area (TPSA) is 62.6 Å². The zero-order valence-corrected chi connectivity index (χ0v) is 14.2.